The van der Waals surface area contributed by atoms with Crippen LogP contribution in [-0.2, 0) is 13.1 Å². The van der Waals surface area contributed by atoms with Crippen LogP contribution in [0.1, 0.15) is 31.2 Å². The lowest BCUT2D eigenvalue weighted by Crippen LogP contribution is -2.14. The van der Waals surface area contributed by atoms with Crippen LogP contribution >= 0.6 is 28.1 Å². The highest BCUT2D eigenvalue weighted by Gasteiger charge is 2.08. The summed E-state index contributed by atoms with van der Waals surface area (Å²) in [5.74, 6) is -1.13. The zero-order chi connectivity index (χ0) is 15.9. The molecule has 0 atom stereocenters. The highest BCUT2D eigenvalue weighted by molar-refractivity contribution is 9.09. The summed E-state index contributed by atoms with van der Waals surface area (Å²) >= 11 is 8.63. The van der Waals surface area contributed by atoms with Crippen LogP contribution in [0.25, 0.3) is 0 Å². The second-order valence-corrected chi connectivity index (χ2v) is 6.24. The van der Waals surface area contributed by atoms with Crippen LogP contribution in [-0.4, -0.2) is 19.7 Å². The Morgan fingerprint density at radius 2 is 1.91 bits per heavy atom. The predicted molar refractivity (Wildman–Crippen MR) is 88.8 cm³/mol. The fourth-order valence-corrected chi connectivity index (χ4v) is 2.88. The van der Waals surface area contributed by atoms with Gasteiger partial charge in [0.05, 0.1) is 6.54 Å². The third-order valence-corrected chi connectivity index (χ3v) is 4.31. The molecule has 2 rings (SSSR count). The zero-order valence-corrected chi connectivity index (χ0v) is 14.5. The van der Waals surface area contributed by atoms with Gasteiger partial charge in [-0.3, -0.25) is 9.36 Å². The van der Waals surface area contributed by atoms with E-state index in [0.29, 0.717) is 10.3 Å². The van der Waals surface area contributed by atoms with Crippen LogP contribution in [0.15, 0.2) is 24.5 Å². The maximum Gasteiger partial charge on any atom is 0.215 e. The third-order valence-electron chi connectivity index (χ3n) is 3.43. The van der Waals surface area contributed by atoms with E-state index in [0.717, 1.165) is 37.2 Å². The molecule has 7 heteroatoms. The predicted octanol–water partition coefficient (Wildman–Crippen LogP) is 4.70. The first-order valence-electron chi connectivity index (χ1n) is 7.24. The molecule has 0 saturated carbocycles. The summed E-state index contributed by atoms with van der Waals surface area (Å²) in [5, 5.41) is 1.02. The molecule has 0 fully saturated rings. The van der Waals surface area contributed by atoms with Gasteiger partial charge in [-0.2, -0.15) is 0 Å². The fourth-order valence-electron chi connectivity index (χ4n) is 2.24. The van der Waals surface area contributed by atoms with Crippen molar-refractivity contribution in [3.8, 4) is 0 Å². The second-order valence-electron chi connectivity index (χ2n) is 5.09. The van der Waals surface area contributed by atoms with Crippen LogP contribution in [0.4, 0.5) is 8.78 Å². The summed E-state index contributed by atoms with van der Waals surface area (Å²) in [6, 6.07) is 3.61. The summed E-state index contributed by atoms with van der Waals surface area (Å²) in [6.45, 7) is 1.04. The topological polar surface area (TPSA) is 22.8 Å². The molecule has 0 aliphatic carbocycles. The Hall–Kier alpha value is -1.08. The average Bonchev–Trinajstić information content (AvgIpc) is 2.83. The molecule has 1 heterocycles. The monoisotopic (exact) mass is 389 g/mol. The standard InChI is InChI=1S/C15H18BrF2N3S/c16-7-3-1-2-4-8-21-15(22)19-11-20(21)10-12-5-6-13(17)9-14(12)18/h5-6,9,11H,1-4,7-8,10H2. The summed E-state index contributed by atoms with van der Waals surface area (Å²) in [4.78, 5) is 4.11. The number of alkyl halides is 1. The van der Waals surface area contributed by atoms with Gasteiger partial charge in [0.1, 0.15) is 18.0 Å². The van der Waals surface area contributed by atoms with E-state index in [1.807, 2.05) is 4.68 Å². The van der Waals surface area contributed by atoms with Gasteiger partial charge in [0.25, 0.3) is 0 Å². The van der Waals surface area contributed by atoms with Gasteiger partial charge in [-0.15, -0.1) is 0 Å². The van der Waals surface area contributed by atoms with Gasteiger partial charge in [0, 0.05) is 23.5 Å². The minimum Gasteiger partial charge on any atom is -0.268 e. The first-order chi connectivity index (χ1) is 10.6. The molecule has 1 aromatic carbocycles. The average molecular weight is 390 g/mol. The maximum absolute atomic E-state index is 13.8. The molecule has 0 N–H and O–H groups in total. The molecular formula is C15H18BrF2N3S. The van der Waals surface area contributed by atoms with Crippen molar-refractivity contribution in [2.75, 3.05) is 5.33 Å². The van der Waals surface area contributed by atoms with E-state index in [-0.39, 0.29) is 6.54 Å². The molecule has 0 amide bonds. The van der Waals surface area contributed by atoms with Gasteiger partial charge < -0.3 is 0 Å². The minimum atomic E-state index is -0.574. The zero-order valence-electron chi connectivity index (χ0n) is 12.1. The lowest BCUT2D eigenvalue weighted by Gasteiger charge is -2.12. The van der Waals surface area contributed by atoms with E-state index in [2.05, 4.69) is 20.9 Å². The van der Waals surface area contributed by atoms with Crippen molar-refractivity contribution in [2.24, 2.45) is 0 Å². The summed E-state index contributed by atoms with van der Waals surface area (Å²) in [5.41, 5.74) is 0.418. The number of benzene rings is 1. The summed E-state index contributed by atoms with van der Waals surface area (Å²) < 4.78 is 30.8. The number of nitrogens with zero attached hydrogens (tertiary/aromatic N) is 3. The van der Waals surface area contributed by atoms with Crippen molar-refractivity contribution in [3.63, 3.8) is 0 Å². The Morgan fingerprint density at radius 3 is 2.64 bits per heavy atom. The molecule has 0 aliphatic heterocycles. The number of hydrogen-bond donors (Lipinski definition) is 0. The molecular weight excluding hydrogens is 372 g/mol. The molecule has 3 nitrogen and oxygen atoms in total. The normalized spacial score (nSPS) is 11.0. The van der Waals surface area contributed by atoms with Crippen LogP contribution < -0.4 is 0 Å². The number of hydrogen-bond acceptors (Lipinski definition) is 2. The van der Waals surface area contributed by atoms with E-state index in [4.69, 9.17) is 12.2 Å². The Labute approximate surface area is 142 Å². The summed E-state index contributed by atoms with van der Waals surface area (Å²) in [6.07, 6.45) is 6.04. The summed E-state index contributed by atoms with van der Waals surface area (Å²) in [7, 11) is 0. The lowest BCUT2D eigenvalue weighted by atomic mass is 10.2. The molecule has 120 valence electrons. The minimum absolute atomic E-state index is 0.289. The Bertz CT molecular complexity index is 669. The van der Waals surface area contributed by atoms with Gasteiger partial charge in [0.2, 0.25) is 4.77 Å². The first-order valence-corrected chi connectivity index (χ1v) is 8.77. The molecule has 0 spiro atoms. The van der Waals surface area contributed by atoms with E-state index in [1.54, 1.807) is 11.0 Å². The van der Waals surface area contributed by atoms with E-state index >= 15 is 0 Å². The Kier molecular flexibility index (Phi) is 6.70. The highest BCUT2D eigenvalue weighted by atomic mass is 79.9. The molecule has 1 aromatic heterocycles. The Balaban J connectivity index is 2.04. The van der Waals surface area contributed by atoms with Crippen molar-refractivity contribution >= 4 is 28.1 Å². The number of rotatable bonds is 8. The number of halogens is 3. The fraction of sp³-hybridized carbons (Fsp3) is 0.467. The van der Waals surface area contributed by atoms with Crippen LogP contribution in [0, 0.1) is 16.4 Å². The molecule has 22 heavy (non-hydrogen) atoms. The first kappa shape index (κ1) is 17.3. The van der Waals surface area contributed by atoms with Crippen molar-refractivity contribution in [1.82, 2.24) is 14.3 Å². The van der Waals surface area contributed by atoms with Gasteiger partial charge in [-0.25, -0.2) is 13.8 Å². The molecule has 0 radical (unpaired) electrons. The quantitative estimate of drug-likeness (QED) is 0.371. The lowest BCUT2D eigenvalue weighted by molar-refractivity contribution is 0.443. The van der Waals surface area contributed by atoms with Crippen LogP contribution in [0.3, 0.4) is 0 Å². The van der Waals surface area contributed by atoms with Crippen molar-refractivity contribution in [3.05, 3.63) is 46.5 Å². The van der Waals surface area contributed by atoms with Gasteiger partial charge >= 0.3 is 0 Å². The maximum atomic E-state index is 13.8. The molecule has 0 saturated heterocycles. The van der Waals surface area contributed by atoms with E-state index in [1.165, 1.54) is 18.6 Å². The van der Waals surface area contributed by atoms with E-state index in [9.17, 15) is 8.78 Å². The molecule has 0 aliphatic rings. The Morgan fingerprint density at radius 1 is 1.14 bits per heavy atom. The molecule has 0 bridgehead atoms. The van der Waals surface area contributed by atoms with Crippen molar-refractivity contribution < 1.29 is 8.78 Å². The number of aromatic nitrogens is 3. The second kappa shape index (κ2) is 8.53. The van der Waals surface area contributed by atoms with Crippen LogP contribution in [0.2, 0.25) is 0 Å². The van der Waals surface area contributed by atoms with Crippen LogP contribution in [0.5, 0.6) is 0 Å². The highest BCUT2D eigenvalue weighted by Crippen LogP contribution is 2.12. The van der Waals surface area contributed by atoms with Gasteiger partial charge in [0.15, 0.2) is 0 Å². The van der Waals surface area contributed by atoms with E-state index < -0.39 is 11.6 Å². The largest absolute Gasteiger partial charge is 0.268 e. The third kappa shape index (κ3) is 4.71. The van der Waals surface area contributed by atoms with Gasteiger partial charge in [-0.05, 0) is 31.1 Å². The SMILES string of the molecule is Fc1ccc(Cn2cnc(=S)n2CCCCCCBr)c(F)c1. The molecule has 0 unspecified atom stereocenters. The molecule has 2 aromatic rings. The number of unbranched alkanes of at least 4 members (excludes halogenated alkanes) is 3. The smallest absolute Gasteiger partial charge is 0.215 e. The van der Waals surface area contributed by atoms with Crippen molar-refractivity contribution in [2.45, 2.75) is 38.8 Å². The van der Waals surface area contributed by atoms with Crippen molar-refractivity contribution in [1.29, 1.82) is 0 Å². The van der Waals surface area contributed by atoms with Gasteiger partial charge in [-0.1, -0.05) is 34.8 Å².